The van der Waals surface area contributed by atoms with Gasteiger partial charge in [0.25, 0.3) is 0 Å². The van der Waals surface area contributed by atoms with Crippen LogP contribution in [0.2, 0.25) is 0 Å². The van der Waals surface area contributed by atoms with Gasteiger partial charge in [0.1, 0.15) is 5.82 Å². The highest BCUT2D eigenvalue weighted by atomic mass is 19.1. The molecule has 19 heavy (non-hydrogen) atoms. The Morgan fingerprint density at radius 2 is 2.11 bits per heavy atom. The lowest BCUT2D eigenvalue weighted by molar-refractivity contribution is 0.194. The first-order valence-electron chi connectivity index (χ1n) is 7.00. The maximum Gasteiger partial charge on any atom is 0.123 e. The van der Waals surface area contributed by atoms with Crippen LogP contribution in [0.4, 0.5) is 4.39 Å². The summed E-state index contributed by atoms with van der Waals surface area (Å²) in [5.74, 6) is -0.174. The van der Waals surface area contributed by atoms with Crippen LogP contribution in [0.25, 0.3) is 0 Å². The largest absolute Gasteiger partial charge is 0.326 e. The number of nitrogens with two attached hydrogens (primary N) is 1. The average Bonchev–Trinajstić information content (AvgIpc) is 2.52. The van der Waals surface area contributed by atoms with Crippen molar-refractivity contribution in [3.8, 4) is 0 Å². The standard InChI is InChI=1S/C15H24FN3/c1-12-10-18(2)6-3-7-19(12)11-14-8-15(16)5-4-13(14)9-17/h4-5,8,12H,3,6-7,9-11,17H2,1-2H3. The summed E-state index contributed by atoms with van der Waals surface area (Å²) >= 11 is 0. The molecule has 0 saturated carbocycles. The number of benzene rings is 1. The van der Waals surface area contributed by atoms with Crippen molar-refractivity contribution in [2.24, 2.45) is 5.73 Å². The lowest BCUT2D eigenvalue weighted by Gasteiger charge is -2.28. The van der Waals surface area contributed by atoms with Gasteiger partial charge in [-0.05, 0) is 50.2 Å². The Hall–Kier alpha value is -0.970. The van der Waals surface area contributed by atoms with E-state index in [4.69, 9.17) is 5.73 Å². The summed E-state index contributed by atoms with van der Waals surface area (Å²) in [6, 6.07) is 5.41. The molecule has 1 aliphatic rings. The molecule has 1 unspecified atom stereocenters. The van der Waals surface area contributed by atoms with Crippen LogP contribution in [-0.4, -0.2) is 42.5 Å². The molecular weight excluding hydrogens is 241 g/mol. The quantitative estimate of drug-likeness (QED) is 0.904. The molecule has 4 heteroatoms. The van der Waals surface area contributed by atoms with Gasteiger partial charge < -0.3 is 10.6 Å². The van der Waals surface area contributed by atoms with E-state index in [9.17, 15) is 4.39 Å². The van der Waals surface area contributed by atoms with E-state index >= 15 is 0 Å². The average molecular weight is 265 g/mol. The normalized spacial score (nSPS) is 22.4. The summed E-state index contributed by atoms with van der Waals surface area (Å²) < 4.78 is 13.4. The number of likely N-dealkylation sites (N-methyl/N-ethyl adjacent to an activating group) is 1. The molecule has 1 heterocycles. The molecule has 0 amide bonds. The summed E-state index contributed by atoms with van der Waals surface area (Å²) in [4.78, 5) is 4.79. The molecule has 1 atom stereocenters. The minimum Gasteiger partial charge on any atom is -0.326 e. The number of hydrogen-bond donors (Lipinski definition) is 1. The molecule has 2 rings (SSSR count). The van der Waals surface area contributed by atoms with Crippen LogP contribution in [0, 0.1) is 5.82 Å². The van der Waals surface area contributed by atoms with Gasteiger partial charge in [0.2, 0.25) is 0 Å². The van der Waals surface area contributed by atoms with Gasteiger partial charge in [-0.1, -0.05) is 6.07 Å². The number of rotatable bonds is 3. The van der Waals surface area contributed by atoms with Crippen molar-refractivity contribution in [3.05, 3.63) is 35.1 Å². The second kappa shape index (κ2) is 6.46. The van der Waals surface area contributed by atoms with Crippen LogP contribution in [-0.2, 0) is 13.1 Å². The van der Waals surface area contributed by atoms with E-state index in [1.54, 1.807) is 12.1 Å². The Kier molecular flexibility index (Phi) is 4.91. The van der Waals surface area contributed by atoms with Crippen molar-refractivity contribution in [2.45, 2.75) is 32.5 Å². The van der Waals surface area contributed by atoms with Gasteiger partial charge in [0.05, 0.1) is 0 Å². The van der Waals surface area contributed by atoms with Gasteiger partial charge >= 0.3 is 0 Å². The maximum atomic E-state index is 13.4. The molecular formula is C15H24FN3. The SMILES string of the molecule is CC1CN(C)CCCN1Cc1cc(F)ccc1CN. The van der Waals surface area contributed by atoms with Crippen LogP contribution < -0.4 is 5.73 Å². The van der Waals surface area contributed by atoms with Gasteiger partial charge in [-0.2, -0.15) is 0 Å². The highest BCUT2D eigenvalue weighted by Crippen LogP contribution is 2.17. The summed E-state index contributed by atoms with van der Waals surface area (Å²) in [5.41, 5.74) is 7.82. The Morgan fingerprint density at radius 1 is 1.32 bits per heavy atom. The Labute approximate surface area is 115 Å². The van der Waals surface area contributed by atoms with Crippen LogP contribution in [0.15, 0.2) is 18.2 Å². The van der Waals surface area contributed by atoms with Gasteiger partial charge in [0.15, 0.2) is 0 Å². The molecule has 0 aromatic heterocycles. The molecule has 0 radical (unpaired) electrons. The third kappa shape index (κ3) is 3.75. The molecule has 1 aliphatic heterocycles. The van der Waals surface area contributed by atoms with Crippen molar-refractivity contribution in [3.63, 3.8) is 0 Å². The third-order valence-electron chi connectivity index (χ3n) is 3.95. The van der Waals surface area contributed by atoms with E-state index in [0.717, 1.165) is 43.7 Å². The number of nitrogens with zero attached hydrogens (tertiary/aromatic N) is 2. The first-order chi connectivity index (χ1) is 9.10. The summed E-state index contributed by atoms with van der Waals surface area (Å²) in [6.45, 7) is 6.76. The van der Waals surface area contributed by atoms with E-state index in [-0.39, 0.29) is 5.82 Å². The summed E-state index contributed by atoms with van der Waals surface area (Å²) in [5, 5.41) is 0. The van der Waals surface area contributed by atoms with E-state index in [2.05, 4.69) is 23.8 Å². The zero-order valence-corrected chi connectivity index (χ0v) is 11.9. The van der Waals surface area contributed by atoms with Crippen LogP contribution >= 0.6 is 0 Å². The predicted octanol–water partition coefficient (Wildman–Crippen LogP) is 1.81. The fourth-order valence-electron chi connectivity index (χ4n) is 2.82. The van der Waals surface area contributed by atoms with Crippen LogP contribution in [0.1, 0.15) is 24.5 Å². The highest BCUT2D eigenvalue weighted by Gasteiger charge is 2.20. The van der Waals surface area contributed by atoms with Crippen molar-refractivity contribution in [2.75, 3.05) is 26.7 Å². The number of halogens is 1. The Bertz CT molecular complexity index is 422. The molecule has 0 bridgehead atoms. The maximum absolute atomic E-state index is 13.4. The monoisotopic (exact) mass is 265 g/mol. The minimum atomic E-state index is -0.174. The van der Waals surface area contributed by atoms with Crippen LogP contribution in [0.5, 0.6) is 0 Å². The molecule has 1 saturated heterocycles. The summed E-state index contributed by atoms with van der Waals surface area (Å²) in [6.07, 6.45) is 1.16. The van der Waals surface area contributed by atoms with E-state index in [1.807, 2.05) is 0 Å². The predicted molar refractivity (Wildman–Crippen MR) is 76.3 cm³/mol. The molecule has 0 spiro atoms. The molecule has 3 nitrogen and oxygen atoms in total. The van der Waals surface area contributed by atoms with E-state index < -0.39 is 0 Å². The lowest BCUT2D eigenvalue weighted by Crippen LogP contribution is -2.37. The molecule has 2 N–H and O–H groups in total. The minimum absolute atomic E-state index is 0.174. The molecule has 0 aliphatic carbocycles. The first-order valence-corrected chi connectivity index (χ1v) is 7.00. The van der Waals surface area contributed by atoms with Gasteiger partial charge in [-0.3, -0.25) is 4.90 Å². The van der Waals surface area contributed by atoms with Crippen molar-refractivity contribution < 1.29 is 4.39 Å². The second-order valence-corrected chi connectivity index (χ2v) is 5.55. The zero-order chi connectivity index (χ0) is 13.8. The number of hydrogen-bond acceptors (Lipinski definition) is 3. The van der Waals surface area contributed by atoms with Gasteiger partial charge in [-0.15, -0.1) is 0 Å². The fourth-order valence-corrected chi connectivity index (χ4v) is 2.82. The lowest BCUT2D eigenvalue weighted by atomic mass is 10.1. The molecule has 1 fully saturated rings. The Morgan fingerprint density at radius 3 is 2.84 bits per heavy atom. The topological polar surface area (TPSA) is 32.5 Å². The smallest absolute Gasteiger partial charge is 0.123 e. The van der Waals surface area contributed by atoms with Gasteiger partial charge in [0, 0.05) is 32.2 Å². The molecule has 1 aromatic rings. The van der Waals surface area contributed by atoms with Crippen molar-refractivity contribution in [1.82, 2.24) is 9.80 Å². The van der Waals surface area contributed by atoms with Gasteiger partial charge in [-0.25, -0.2) is 4.39 Å². The van der Waals surface area contributed by atoms with Crippen molar-refractivity contribution in [1.29, 1.82) is 0 Å². The van der Waals surface area contributed by atoms with E-state index in [1.165, 1.54) is 6.07 Å². The highest BCUT2D eigenvalue weighted by molar-refractivity contribution is 5.27. The third-order valence-corrected chi connectivity index (χ3v) is 3.95. The van der Waals surface area contributed by atoms with E-state index in [0.29, 0.717) is 12.6 Å². The van der Waals surface area contributed by atoms with Crippen molar-refractivity contribution >= 4 is 0 Å². The molecule has 1 aromatic carbocycles. The zero-order valence-electron chi connectivity index (χ0n) is 11.9. The molecule has 106 valence electrons. The van der Waals surface area contributed by atoms with Crippen LogP contribution in [0.3, 0.4) is 0 Å². The second-order valence-electron chi connectivity index (χ2n) is 5.55. The fraction of sp³-hybridized carbons (Fsp3) is 0.600. The first kappa shape index (κ1) is 14.4. The summed E-state index contributed by atoms with van der Waals surface area (Å²) in [7, 11) is 2.16. The Balaban J connectivity index is 2.13.